The minimum Gasteiger partial charge on any atom is -0.512 e. The summed E-state index contributed by atoms with van der Waals surface area (Å²) in [6.07, 6.45) is 2.35. The molecule has 0 rings (SSSR count). The summed E-state index contributed by atoms with van der Waals surface area (Å²) in [5, 5.41) is 9.32. The molecular weight excluding hydrogens is 180 g/mol. The van der Waals surface area contributed by atoms with Gasteiger partial charge in [0.25, 0.3) is 0 Å². The average molecular weight is 198 g/mol. The number of methoxy groups -OCH3 is 1. The van der Waals surface area contributed by atoms with Gasteiger partial charge in [-0.25, -0.2) is 4.79 Å². The molecule has 0 aliphatic carbocycles. The van der Waals surface area contributed by atoms with Gasteiger partial charge < -0.3 is 9.84 Å². The highest BCUT2D eigenvalue weighted by molar-refractivity contribution is 5.82. The predicted octanol–water partition coefficient (Wildman–Crippen LogP) is 2.74. The van der Waals surface area contributed by atoms with Gasteiger partial charge in [-0.15, -0.1) is 0 Å². The smallest absolute Gasteiger partial charge is 0.333 e. The molecule has 0 bridgehead atoms. The van der Waals surface area contributed by atoms with Crippen LogP contribution in [0.4, 0.5) is 0 Å². The zero-order valence-corrected chi connectivity index (χ0v) is 9.26. The highest BCUT2D eigenvalue weighted by Gasteiger charge is 2.00. The van der Waals surface area contributed by atoms with E-state index in [0.29, 0.717) is 6.42 Å². The van der Waals surface area contributed by atoms with E-state index in [1.165, 1.54) is 18.3 Å². The summed E-state index contributed by atoms with van der Waals surface area (Å²) in [4.78, 5) is 10.7. The highest BCUT2D eigenvalue weighted by Crippen LogP contribution is 2.12. The SMILES string of the molecule is COC(=O)/C=C(\O)CCC(C)=C(C)C. The molecule has 0 aromatic carbocycles. The summed E-state index contributed by atoms with van der Waals surface area (Å²) in [6.45, 7) is 6.06. The third-order valence-corrected chi connectivity index (χ3v) is 2.10. The van der Waals surface area contributed by atoms with Crippen molar-refractivity contribution in [1.29, 1.82) is 0 Å². The molecular formula is C11H18O3. The lowest BCUT2D eigenvalue weighted by atomic mass is 10.1. The lowest BCUT2D eigenvalue weighted by Crippen LogP contribution is -1.97. The average Bonchev–Trinajstić information content (AvgIpc) is 2.13. The topological polar surface area (TPSA) is 46.5 Å². The molecule has 0 aliphatic rings. The Kier molecular flexibility index (Phi) is 5.68. The number of allylic oxidation sites excluding steroid dienone is 3. The second-order valence-electron chi connectivity index (χ2n) is 3.44. The molecule has 80 valence electrons. The van der Waals surface area contributed by atoms with Crippen LogP contribution in [0.1, 0.15) is 33.6 Å². The largest absolute Gasteiger partial charge is 0.512 e. The molecule has 0 saturated heterocycles. The van der Waals surface area contributed by atoms with Gasteiger partial charge in [-0.05, 0) is 27.2 Å². The van der Waals surface area contributed by atoms with Crippen LogP contribution < -0.4 is 0 Å². The van der Waals surface area contributed by atoms with Crippen LogP contribution in [0.2, 0.25) is 0 Å². The number of carbonyl (C=O) groups is 1. The molecule has 0 heterocycles. The fourth-order valence-corrected chi connectivity index (χ4v) is 0.833. The van der Waals surface area contributed by atoms with Crippen LogP contribution in [0.15, 0.2) is 23.0 Å². The van der Waals surface area contributed by atoms with Crippen LogP contribution in [0.5, 0.6) is 0 Å². The molecule has 0 aliphatic heterocycles. The molecule has 0 fully saturated rings. The van der Waals surface area contributed by atoms with Crippen molar-refractivity contribution in [3.8, 4) is 0 Å². The number of aliphatic hydroxyl groups excluding tert-OH is 1. The van der Waals surface area contributed by atoms with E-state index in [1.54, 1.807) is 0 Å². The Hall–Kier alpha value is -1.25. The Morgan fingerprint density at radius 2 is 1.86 bits per heavy atom. The zero-order valence-electron chi connectivity index (χ0n) is 9.26. The van der Waals surface area contributed by atoms with Crippen molar-refractivity contribution in [2.45, 2.75) is 33.6 Å². The van der Waals surface area contributed by atoms with Crippen LogP contribution in [0.3, 0.4) is 0 Å². The molecule has 3 nitrogen and oxygen atoms in total. The minimum absolute atomic E-state index is 0.0671. The maximum atomic E-state index is 10.7. The van der Waals surface area contributed by atoms with Crippen LogP contribution in [-0.2, 0) is 9.53 Å². The molecule has 0 unspecified atom stereocenters. The molecule has 0 amide bonds. The van der Waals surface area contributed by atoms with Gasteiger partial charge in [0.05, 0.1) is 18.9 Å². The van der Waals surface area contributed by atoms with E-state index in [-0.39, 0.29) is 5.76 Å². The van der Waals surface area contributed by atoms with Crippen LogP contribution in [-0.4, -0.2) is 18.2 Å². The van der Waals surface area contributed by atoms with E-state index in [2.05, 4.69) is 4.74 Å². The summed E-state index contributed by atoms with van der Waals surface area (Å²) < 4.78 is 4.39. The molecule has 0 aromatic heterocycles. The summed E-state index contributed by atoms with van der Waals surface area (Å²) in [5.41, 5.74) is 2.48. The summed E-state index contributed by atoms with van der Waals surface area (Å²) in [6, 6.07) is 0. The zero-order chi connectivity index (χ0) is 11.1. The number of aliphatic hydroxyl groups is 1. The standard InChI is InChI=1S/C11H18O3/c1-8(2)9(3)5-6-10(12)7-11(13)14-4/h7,12H,5-6H2,1-4H3/b10-7-. The third-order valence-electron chi connectivity index (χ3n) is 2.10. The number of esters is 1. The molecule has 3 heteroatoms. The first kappa shape index (κ1) is 12.8. The highest BCUT2D eigenvalue weighted by atomic mass is 16.5. The lowest BCUT2D eigenvalue weighted by Gasteiger charge is -2.03. The number of ether oxygens (including phenoxy) is 1. The van der Waals surface area contributed by atoms with Gasteiger partial charge in [0.1, 0.15) is 0 Å². The first-order chi connectivity index (χ1) is 6.47. The van der Waals surface area contributed by atoms with Crippen molar-refractivity contribution in [1.82, 2.24) is 0 Å². The third kappa shape index (κ3) is 5.41. The summed E-state index contributed by atoms with van der Waals surface area (Å²) in [7, 11) is 1.29. The maximum absolute atomic E-state index is 10.7. The lowest BCUT2D eigenvalue weighted by molar-refractivity contribution is -0.135. The normalized spacial score (nSPS) is 11.0. The van der Waals surface area contributed by atoms with E-state index in [0.717, 1.165) is 12.5 Å². The van der Waals surface area contributed by atoms with Crippen molar-refractivity contribution >= 4 is 5.97 Å². The predicted molar refractivity (Wildman–Crippen MR) is 56.0 cm³/mol. The Balaban J connectivity index is 4.09. The van der Waals surface area contributed by atoms with Gasteiger partial charge >= 0.3 is 5.97 Å². The van der Waals surface area contributed by atoms with Crippen molar-refractivity contribution in [3.05, 3.63) is 23.0 Å². The Morgan fingerprint density at radius 1 is 1.29 bits per heavy atom. The van der Waals surface area contributed by atoms with Gasteiger partial charge in [-0.1, -0.05) is 11.1 Å². The molecule has 1 N–H and O–H groups in total. The number of hydrogen-bond acceptors (Lipinski definition) is 3. The second kappa shape index (κ2) is 6.24. The molecule has 0 atom stereocenters. The van der Waals surface area contributed by atoms with Gasteiger partial charge in [-0.2, -0.15) is 0 Å². The van der Waals surface area contributed by atoms with E-state index >= 15 is 0 Å². The van der Waals surface area contributed by atoms with Crippen molar-refractivity contribution in [2.24, 2.45) is 0 Å². The fourth-order valence-electron chi connectivity index (χ4n) is 0.833. The van der Waals surface area contributed by atoms with Gasteiger partial charge in [0.15, 0.2) is 0 Å². The first-order valence-electron chi connectivity index (χ1n) is 4.57. The van der Waals surface area contributed by atoms with Crippen LogP contribution in [0.25, 0.3) is 0 Å². The monoisotopic (exact) mass is 198 g/mol. The van der Waals surface area contributed by atoms with E-state index < -0.39 is 5.97 Å². The fraction of sp³-hybridized carbons (Fsp3) is 0.545. The molecule has 0 radical (unpaired) electrons. The van der Waals surface area contributed by atoms with Gasteiger partial charge in [0, 0.05) is 6.42 Å². The Bertz CT molecular complexity index is 258. The number of rotatable bonds is 4. The quantitative estimate of drug-likeness (QED) is 0.327. The number of hydrogen-bond donors (Lipinski definition) is 1. The van der Waals surface area contributed by atoms with Gasteiger partial charge in [0.2, 0.25) is 0 Å². The molecule has 0 saturated carbocycles. The van der Waals surface area contributed by atoms with Crippen LogP contribution in [0, 0.1) is 0 Å². The molecule has 0 spiro atoms. The van der Waals surface area contributed by atoms with Crippen molar-refractivity contribution < 1.29 is 14.6 Å². The minimum atomic E-state index is -0.516. The van der Waals surface area contributed by atoms with Crippen molar-refractivity contribution in [2.75, 3.05) is 7.11 Å². The Morgan fingerprint density at radius 3 is 2.29 bits per heavy atom. The maximum Gasteiger partial charge on any atom is 0.333 e. The van der Waals surface area contributed by atoms with Crippen LogP contribution >= 0.6 is 0 Å². The first-order valence-corrected chi connectivity index (χ1v) is 4.57. The molecule has 14 heavy (non-hydrogen) atoms. The summed E-state index contributed by atoms with van der Waals surface area (Å²) >= 11 is 0. The van der Waals surface area contributed by atoms with Crippen molar-refractivity contribution in [3.63, 3.8) is 0 Å². The molecule has 0 aromatic rings. The van der Waals surface area contributed by atoms with E-state index in [4.69, 9.17) is 0 Å². The second-order valence-corrected chi connectivity index (χ2v) is 3.44. The summed E-state index contributed by atoms with van der Waals surface area (Å²) in [5.74, 6) is -0.449. The Labute approximate surface area is 85.1 Å². The van der Waals surface area contributed by atoms with Gasteiger partial charge in [-0.3, -0.25) is 0 Å². The number of carbonyl (C=O) groups excluding carboxylic acids is 1. The van der Waals surface area contributed by atoms with E-state index in [1.807, 2.05) is 20.8 Å². The van der Waals surface area contributed by atoms with E-state index in [9.17, 15) is 9.90 Å².